The first-order valence-electron chi connectivity index (χ1n) is 9.52. The number of thioether (sulfide) groups is 1. The summed E-state index contributed by atoms with van der Waals surface area (Å²) in [5, 5.41) is 5.89. The Hall–Kier alpha value is -2.32. The van der Waals surface area contributed by atoms with Gasteiger partial charge in [-0.1, -0.05) is 35.5 Å². The molecular weight excluding hydrogens is 408 g/mol. The fraction of sp³-hybridized carbons (Fsp3) is 0.400. The van der Waals surface area contributed by atoms with Gasteiger partial charge in [0.25, 0.3) is 5.78 Å². The number of fused-ring (bicyclic) bond motifs is 1. The molecule has 152 valence electrons. The molecule has 1 aromatic carbocycles. The summed E-state index contributed by atoms with van der Waals surface area (Å²) in [6, 6.07) is 7.84. The van der Waals surface area contributed by atoms with Gasteiger partial charge in [-0.25, -0.2) is 9.50 Å². The van der Waals surface area contributed by atoms with Gasteiger partial charge < -0.3 is 9.80 Å². The molecule has 2 aromatic heterocycles. The lowest BCUT2D eigenvalue weighted by Crippen LogP contribution is -2.49. The average molecular weight is 431 g/mol. The number of benzene rings is 1. The Bertz CT molecular complexity index is 1060. The number of aryl methyl sites for hydroxylation is 2. The highest BCUT2D eigenvalue weighted by atomic mass is 35.5. The van der Waals surface area contributed by atoms with Crippen molar-refractivity contribution in [1.29, 1.82) is 0 Å². The molecule has 0 atom stereocenters. The molecule has 0 bridgehead atoms. The third kappa shape index (κ3) is 3.91. The number of piperazine rings is 1. The van der Waals surface area contributed by atoms with Gasteiger partial charge in [0.05, 0.1) is 17.1 Å². The minimum absolute atomic E-state index is 0.112. The van der Waals surface area contributed by atoms with Crippen LogP contribution in [0.1, 0.15) is 17.0 Å². The number of carbonyl (C=O) groups excluding carboxylic acids is 1. The maximum absolute atomic E-state index is 13.0. The SMILES string of the molecule is CSc1nc2nc(C)c(CC(=O)N3CCN(c4ccccc4Cl)CC3)c(C)n2n1. The van der Waals surface area contributed by atoms with Gasteiger partial charge in [-0.05, 0) is 32.2 Å². The van der Waals surface area contributed by atoms with Gasteiger partial charge >= 0.3 is 0 Å². The van der Waals surface area contributed by atoms with E-state index in [1.165, 1.54) is 11.8 Å². The molecule has 29 heavy (non-hydrogen) atoms. The van der Waals surface area contributed by atoms with E-state index < -0.39 is 0 Å². The number of halogens is 1. The van der Waals surface area contributed by atoms with Crippen molar-refractivity contribution in [3.05, 3.63) is 46.2 Å². The molecule has 3 heterocycles. The van der Waals surface area contributed by atoms with Gasteiger partial charge in [-0.3, -0.25) is 4.79 Å². The third-order valence-corrected chi connectivity index (χ3v) is 6.22. The predicted octanol–water partition coefficient (Wildman–Crippen LogP) is 3.01. The lowest BCUT2D eigenvalue weighted by atomic mass is 10.1. The monoisotopic (exact) mass is 430 g/mol. The number of anilines is 1. The van der Waals surface area contributed by atoms with E-state index in [0.717, 1.165) is 40.8 Å². The number of amides is 1. The van der Waals surface area contributed by atoms with E-state index in [4.69, 9.17) is 11.6 Å². The van der Waals surface area contributed by atoms with Crippen LogP contribution >= 0.6 is 23.4 Å². The predicted molar refractivity (Wildman–Crippen MR) is 116 cm³/mol. The zero-order valence-corrected chi connectivity index (χ0v) is 18.3. The topological polar surface area (TPSA) is 66.6 Å². The van der Waals surface area contributed by atoms with Crippen LogP contribution in [-0.2, 0) is 11.2 Å². The van der Waals surface area contributed by atoms with Gasteiger partial charge in [0.15, 0.2) is 0 Å². The molecule has 0 spiro atoms. The van der Waals surface area contributed by atoms with E-state index in [-0.39, 0.29) is 5.91 Å². The zero-order valence-electron chi connectivity index (χ0n) is 16.7. The van der Waals surface area contributed by atoms with Crippen LogP contribution in [0.15, 0.2) is 29.4 Å². The highest BCUT2D eigenvalue weighted by molar-refractivity contribution is 7.98. The van der Waals surface area contributed by atoms with Crippen LogP contribution in [0.5, 0.6) is 0 Å². The fourth-order valence-electron chi connectivity index (χ4n) is 3.70. The minimum atomic E-state index is 0.112. The second-order valence-corrected chi connectivity index (χ2v) is 8.25. The lowest BCUT2D eigenvalue weighted by molar-refractivity contribution is -0.130. The average Bonchev–Trinajstić information content (AvgIpc) is 3.15. The van der Waals surface area contributed by atoms with E-state index in [2.05, 4.69) is 20.0 Å². The van der Waals surface area contributed by atoms with Gasteiger partial charge in [-0.2, -0.15) is 4.98 Å². The number of para-hydroxylation sites is 1. The molecule has 3 aromatic rings. The van der Waals surface area contributed by atoms with Crippen molar-refractivity contribution in [2.24, 2.45) is 0 Å². The van der Waals surface area contributed by atoms with Crippen molar-refractivity contribution < 1.29 is 4.79 Å². The zero-order chi connectivity index (χ0) is 20.5. The van der Waals surface area contributed by atoms with Crippen LogP contribution in [0, 0.1) is 13.8 Å². The van der Waals surface area contributed by atoms with Crippen molar-refractivity contribution in [2.45, 2.75) is 25.4 Å². The van der Waals surface area contributed by atoms with E-state index >= 15 is 0 Å². The summed E-state index contributed by atoms with van der Waals surface area (Å²) in [5.41, 5.74) is 3.70. The summed E-state index contributed by atoms with van der Waals surface area (Å²) in [6.07, 6.45) is 2.25. The van der Waals surface area contributed by atoms with Gasteiger partial charge in [-0.15, -0.1) is 5.10 Å². The Labute approximate surface area is 179 Å². The molecule has 0 radical (unpaired) electrons. The summed E-state index contributed by atoms with van der Waals surface area (Å²) in [4.78, 5) is 26.1. The lowest BCUT2D eigenvalue weighted by Gasteiger charge is -2.36. The van der Waals surface area contributed by atoms with Crippen LogP contribution in [-0.4, -0.2) is 62.8 Å². The Morgan fingerprint density at radius 1 is 1.14 bits per heavy atom. The molecule has 4 rings (SSSR count). The Kier molecular flexibility index (Phi) is 5.65. The molecule has 1 aliphatic rings. The number of hydrogen-bond acceptors (Lipinski definition) is 6. The third-order valence-electron chi connectivity index (χ3n) is 5.37. The van der Waals surface area contributed by atoms with Crippen molar-refractivity contribution in [3.8, 4) is 0 Å². The van der Waals surface area contributed by atoms with Crippen molar-refractivity contribution in [2.75, 3.05) is 37.3 Å². The molecule has 1 fully saturated rings. The number of rotatable bonds is 4. The number of carbonyl (C=O) groups is 1. The first-order valence-corrected chi connectivity index (χ1v) is 11.1. The molecule has 0 saturated carbocycles. The largest absolute Gasteiger partial charge is 0.367 e. The summed E-state index contributed by atoms with van der Waals surface area (Å²) < 4.78 is 1.73. The van der Waals surface area contributed by atoms with Gasteiger partial charge in [0.2, 0.25) is 11.1 Å². The van der Waals surface area contributed by atoms with E-state index in [9.17, 15) is 4.79 Å². The van der Waals surface area contributed by atoms with E-state index in [0.29, 0.717) is 30.4 Å². The van der Waals surface area contributed by atoms with Crippen LogP contribution < -0.4 is 4.90 Å². The molecule has 9 heteroatoms. The maximum atomic E-state index is 13.0. The molecule has 0 unspecified atom stereocenters. The molecular formula is C20H23ClN6OS. The maximum Gasteiger partial charge on any atom is 0.253 e. The summed E-state index contributed by atoms with van der Waals surface area (Å²) in [7, 11) is 0. The highest BCUT2D eigenvalue weighted by Crippen LogP contribution is 2.26. The normalized spacial score (nSPS) is 14.6. The Balaban J connectivity index is 1.47. The Morgan fingerprint density at radius 3 is 2.55 bits per heavy atom. The number of nitrogens with zero attached hydrogens (tertiary/aromatic N) is 6. The molecule has 7 nitrogen and oxygen atoms in total. The summed E-state index contributed by atoms with van der Waals surface area (Å²) >= 11 is 7.79. The highest BCUT2D eigenvalue weighted by Gasteiger charge is 2.24. The first kappa shape index (κ1) is 20.0. The van der Waals surface area contributed by atoms with Crippen molar-refractivity contribution in [1.82, 2.24) is 24.5 Å². The fourth-order valence-corrected chi connectivity index (χ4v) is 4.29. The van der Waals surface area contributed by atoms with Crippen LogP contribution in [0.3, 0.4) is 0 Å². The molecule has 1 saturated heterocycles. The molecule has 0 aliphatic carbocycles. The van der Waals surface area contributed by atoms with Crippen molar-refractivity contribution >= 4 is 40.7 Å². The summed E-state index contributed by atoms with van der Waals surface area (Å²) in [5.74, 6) is 0.690. The smallest absolute Gasteiger partial charge is 0.253 e. The van der Waals surface area contributed by atoms with E-state index in [1.807, 2.05) is 49.3 Å². The Morgan fingerprint density at radius 2 is 1.86 bits per heavy atom. The second kappa shape index (κ2) is 8.20. The number of hydrogen-bond donors (Lipinski definition) is 0. The minimum Gasteiger partial charge on any atom is -0.367 e. The van der Waals surface area contributed by atoms with E-state index in [1.54, 1.807) is 4.52 Å². The molecule has 1 aliphatic heterocycles. The summed E-state index contributed by atoms with van der Waals surface area (Å²) in [6.45, 7) is 6.79. The first-order chi connectivity index (χ1) is 14.0. The van der Waals surface area contributed by atoms with Gasteiger partial charge in [0.1, 0.15) is 0 Å². The van der Waals surface area contributed by atoms with Crippen LogP contribution in [0.4, 0.5) is 5.69 Å². The quantitative estimate of drug-likeness (QED) is 0.593. The standard InChI is InChI=1S/C20H23ClN6OS/c1-13-15(14(2)27-19(22-13)23-20(24-27)29-3)12-18(28)26-10-8-25(9-11-26)17-7-5-4-6-16(17)21/h4-7H,8-12H2,1-3H3. The number of aromatic nitrogens is 4. The second-order valence-electron chi connectivity index (χ2n) is 7.07. The van der Waals surface area contributed by atoms with Gasteiger partial charge in [0, 0.05) is 43.1 Å². The molecule has 1 amide bonds. The van der Waals surface area contributed by atoms with Crippen LogP contribution in [0.25, 0.3) is 5.78 Å². The molecule has 0 N–H and O–H groups in total. The van der Waals surface area contributed by atoms with Crippen molar-refractivity contribution in [3.63, 3.8) is 0 Å². The van der Waals surface area contributed by atoms with Crippen LogP contribution in [0.2, 0.25) is 5.02 Å².